The molecule has 1 atom stereocenters. The Balaban J connectivity index is 1.45. The van der Waals surface area contributed by atoms with Gasteiger partial charge in [-0.3, -0.25) is 23.0 Å². The Morgan fingerprint density at radius 2 is 1.45 bits per heavy atom. The lowest BCUT2D eigenvalue weighted by atomic mass is 10.1. The number of fused-ring (bicyclic) bond motifs is 2. The van der Waals surface area contributed by atoms with Crippen LogP contribution >= 0.6 is 0 Å². The van der Waals surface area contributed by atoms with Crippen LogP contribution in [0.15, 0.2) is 115 Å². The van der Waals surface area contributed by atoms with Gasteiger partial charge in [-0.1, -0.05) is 30.8 Å². The van der Waals surface area contributed by atoms with Crippen LogP contribution in [0.5, 0.6) is 5.75 Å². The number of nitrogens with zero attached hydrogens (tertiary/aromatic N) is 5. The van der Waals surface area contributed by atoms with Crippen molar-refractivity contribution in [2.45, 2.75) is 19.6 Å². The molecule has 336 valence electrons. The maximum absolute atomic E-state index is 14.9. The predicted molar refractivity (Wildman–Crippen MR) is 222 cm³/mol. The van der Waals surface area contributed by atoms with Crippen LogP contribution in [0, 0.1) is 6.08 Å². The zero-order valence-corrected chi connectivity index (χ0v) is 35.6. The van der Waals surface area contributed by atoms with Crippen molar-refractivity contribution >= 4 is 114 Å². The summed E-state index contributed by atoms with van der Waals surface area (Å²) in [4.78, 5) is 19.6. The molecule has 1 unspecified atom stereocenters. The summed E-state index contributed by atoms with van der Waals surface area (Å²) in [5, 5.41) is 24.4. The van der Waals surface area contributed by atoms with E-state index < -0.39 is 139 Å². The van der Waals surface area contributed by atoms with E-state index in [0.29, 0.717) is 18.2 Å². The smallest absolute Gasteiger partial charge is 0.315 e. The molecular formula is C34H27FN8O16S5. The summed E-state index contributed by atoms with van der Waals surface area (Å²) in [6.07, 6.45) is -0.479. The number of halogens is 1. The Bertz CT molecular complexity index is 3450. The Morgan fingerprint density at radius 3 is 2.09 bits per heavy atom. The van der Waals surface area contributed by atoms with Crippen LogP contribution in [-0.4, -0.2) is 94.4 Å². The topological polar surface area (TPSA) is 381 Å². The summed E-state index contributed by atoms with van der Waals surface area (Å²) in [5.41, 5.74) is -2.37. The molecule has 6 aromatic rings. The third-order valence-corrected chi connectivity index (χ3v) is 12.9. The number of nitrogens with one attached hydrogen (secondary N) is 3. The van der Waals surface area contributed by atoms with Crippen molar-refractivity contribution in [3.05, 3.63) is 97.3 Å². The van der Waals surface area contributed by atoms with Crippen LogP contribution in [0.1, 0.15) is 10.4 Å². The molecule has 64 heavy (non-hydrogen) atoms. The molecule has 0 fully saturated rings. The van der Waals surface area contributed by atoms with E-state index in [2.05, 4.69) is 51.9 Å². The van der Waals surface area contributed by atoms with E-state index >= 15 is 0 Å². The molecule has 1 heterocycles. The molecule has 0 bridgehead atoms. The molecule has 30 heteroatoms. The monoisotopic (exact) mass is 982 g/mol. The van der Waals surface area contributed by atoms with Gasteiger partial charge < -0.3 is 25.2 Å². The standard InChI is InChI=1S/C34H27FN8O16S5/c1-2-59-60(46)12-11-36-31(45)17-5-3-6-19(13-17)37-33-39-32(35)40-34(41-33)38-24-16-20(61(47,48)49)14-18-15-26(63(53,54)55)28(29(44)27(18)24)43-42-23-10-9-21-22(30(23)64(56,57)58)7-4-8-25(21)62(50,51)52/h2-10,13-16,44H,1,11-12H2,(H,36,45)(H,47,48,49)(H,50,51,52)(H,53,54,55)(H,56,57,58)(H2,37,38,39,40,41). The molecule has 0 radical (unpaired) electrons. The molecule has 0 aliphatic rings. The molecule has 0 aliphatic heterocycles. The van der Waals surface area contributed by atoms with Crippen molar-refractivity contribution in [3.63, 3.8) is 0 Å². The normalized spacial score (nSPS) is 12.9. The SMILES string of the molecule is C=COS(=O)CCNC(=O)c1cccc(Nc2nc(F)nc(Nc3cc(S(=O)(=O)O)cc4cc(S(=O)(=O)O)c(N=Nc5ccc6c(S(=O)(=O)O)cccc6c5S(=O)(=O)O)c(O)c34)n2)c1. The second kappa shape index (κ2) is 17.9. The van der Waals surface area contributed by atoms with Crippen LogP contribution in [0.4, 0.5) is 39.0 Å². The summed E-state index contributed by atoms with van der Waals surface area (Å²) >= 11 is -1.74. The number of hydrogen-bond donors (Lipinski definition) is 8. The van der Waals surface area contributed by atoms with Crippen LogP contribution in [0.3, 0.4) is 0 Å². The molecule has 0 saturated carbocycles. The number of carbonyl (C=O) groups is 1. The first-order valence-electron chi connectivity index (χ1n) is 17.1. The number of benzene rings is 5. The molecule has 0 spiro atoms. The number of carbonyl (C=O) groups excluding carboxylic acids is 1. The number of phenols is 1. The van der Waals surface area contributed by atoms with Gasteiger partial charge in [0, 0.05) is 34.0 Å². The second-order valence-corrected chi connectivity index (χ2v) is 19.4. The van der Waals surface area contributed by atoms with E-state index in [9.17, 15) is 70.4 Å². The average molecular weight is 983 g/mol. The highest BCUT2D eigenvalue weighted by Crippen LogP contribution is 2.46. The maximum Gasteiger partial charge on any atom is 0.315 e. The van der Waals surface area contributed by atoms with E-state index in [-0.39, 0.29) is 23.5 Å². The van der Waals surface area contributed by atoms with Crippen molar-refractivity contribution < 1.29 is 74.6 Å². The van der Waals surface area contributed by atoms with Gasteiger partial charge in [0.05, 0.1) is 22.6 Å². The molecule has 0 saturated heterocycles. The number of amides is 1. The maximum atomic E-state index is 14.9. The van der Waals surface area contributed by atoms with E-state index in [1.165, 1.54) is 24.3 Å². The zero-order valence-electron chi connectivity index (χ0n) is 31.5. The molecule has 8 N–H and O–H groups in total. The summed E-state index contributed by atoms with van der Waals surface area (Å²) in [6, 6.07) is 12.1. The highest BCUT2D eigenvalue weighted by Gasteiger charge is 2.28. The summed E-state index contributed by atoms with van der Waals surface area (Å²) < 4.78 is 170. The third-order valence-electron chi connectivity index (χ3n) is 8.41. The number of azo groups is 1. The lowest BCUT2D eigenvalue weighted by Gasteiger charge is -2.15. The van der Waals surface area contributed by atoms with Crippen LogP contribution in [0.25, 0.3) is 21.5 Å². The second-order valence-electron chi connectivity index (χ2n) is 12.6. The van der Waals surface area contributed by atoms with Gasteiger partial charge in [-0.25, -0.2) is 4.21 Å². The molecule has 1 amide bonds. The minimum Gasteiger partial charge on any atom is -0.505 e. The third kappa shape index (κ3) is 10.6. The van der Waals surface area contributed by atoms with Crippen molar-refractivity contribution in [1.29, 1.82) is 0 Å². The molecule has 24 nitrogen and oxygen atoms in total. The number of anilines is 4. The Hall–Kier alpha value is -6.64. The Kier molecular flexibility index (Phi) is 13.1. The fraction of sp³-hybridized carbons (Fsp3) is 0.0588. The molecule has 1 aromatic heterocycles. The molecular weight excluding hydrogens is 956 g/mol. The van der Waals surface area contributed by atoms with Gasteiger partial charge in [0.15, 0.2) is 5.75 Å². The van der Waals surface area contributed by atoms with Crippen LogP contribution < -0.4 is 16.0 Å². The van der Waals surface area contributed by atoms with Crippen molar-refractivity contribution in [1.82, 2.24) is 20.3 Å². The van der Waals surface area contributed by atoms with Gasteiger partial charge in [0.1, 0.15) is 26.1 Å². The first kappa shape index (κ1) is 46.9. The summed E-state index contributed by atoms with van der Waals surface area (Å²) in [5.74, 6) is -3.16. The van der Waals surface area contributed by atoms with Crippen molar-refractivity contribution in [2.24, 2.45) is 10.2 Å². The van der Waals surface area contributed by atoms with Gasteiger partial charge in [-0.2, -0.15) is 53.0 Å². The quantitative estimate of drug-likeness (QED) is 0.0377. The number of rotatable bonds is 16. The number of hydrogen-bond acceptors (Lipinski definition) is 19. The van der Waals surface area contributed by atoms with Crippen molar-refractivity contribution in [2.75, 3.05) is 22.9 Å². The van der Waals surface area contributed by atoms with Gasteiger partial charge in [0.2, 0.25) is 23.0 Å². The fourth-order valence-electron chi connectivity index (χ4n) is 5.89. The van der Waals surface area contributed by atoms with Gasteiger partial charge in [0.25, 0.3) is 46.4 Å². The first-order chi connectivity index (χ1) is 29.8. The van der Waals surface area contributed by atoms with Gasteiger partial charge in [-0.05, 0) is 53.9 Å². The van der Waals surface area contributed by atoms with Crippen LogP contribution in [0.2, 0.25) is 0 Å². The van der Waals surface area contributed by atoms with Gasteiger partial charge >= 0.3 is 6.08 Å². The summed E-state index contributed by atoms with van der Waals surface area (Å²) in [6.45, 7) is 3.24. The Labute approximate surface area is 362 Å². The van der Waals surface area contributed by atoms with E-state index in [4.69, 9.17) is 0 Å². The number of aromatic nitrogens is 3. The van der Waals surface area contributed by atoms with Crippen LogP contribution in [-0.2, 0) is 55.7 Å². The predicted octanol–water partition coefficient (Wildman–Crippen LogP) is 4.47. The van der Waals surface area contributed by atoms with Gasteiger partial charge in [-0.15, -0.1) is 10.2 Å². The first-order valence-corrected chi connectivity index (χ1v) is 24.1. The highest BCUT2D eigenvalue weighted by atomic mass is 32.2. The summed E-state index contributed by atoms with van der Waals surface area (Å²) in [7, 11) is -20.9. The van der Waals surface area contributed by atoms with E-state index in [1.807, 2.05) is 0 Å². The lowest BCUT2D eigenvalue weighted by Crippen LogP contribution is -2.27. The highest BCUT2D eigenvalue weighted by molar-refractivity contribution is 7.87. The largest absolute Gasteiger partial charge is 0.505 e. The molecule has 6 rings (SSSR count). The van der Waals surface area contributed by atoms with E-state index in [0.717, 1.165) is 36.6 Å². The fourth-order valence-corrected chi connectivity index (χ4v) is 9.15. The Morgan fingerprint density at radius 1 is 0.781 bits per heavy atom. The average Bonchev–Trinajstić information content (AvgIpc) is 3.18. The minimum atomic E-state index is -5.47. The number of phenolic OH excluding ortho intramolecular Hbond substituents is 1. The minimum absolute atomic E-state index is 0.0444. The van der Waals surface area contributed by atoms with E-state index in [1.54, 1.807) is 0 Å². The zero-order chi connectivity index (χ0) is 46.9. The molecule has 0 aliphatic carbocycles. The van der Waals surface area contributed by atoms with Crippen molar-refractivity contribution in [3.8, 4) is 5.75 Å². The lowest BCUT2D eigenvalue weighted by molar-refractivity contribution is 0.0956. The number of aromatic hydroxyl groups is 1. The molecule has 5 aromatic carbocycles.